The number of hydrazine groups is 1. The zero-order valence-corrected chi connectivity index (χ0v) is 16.2. The van der Waals surface area contributed by atoms with Crippen LogP contribution in [-0.4, -0.2) is 55.1 Å². The highest BCUT2D eigenvalue weighted by Gasteiger charge is 2.47. The predicted molar refractivity (Wildman–Crippen MR) is 98.1 cm³/mol. The molecule has 4 atom stereocenters. The molecule has 1 aromatic carbocycles. The van der Waals surface area contributed by atoms with Crippen molar-refractivity contribution in [2.45, 2.75) is 45.3 Å². The van der Waals surface area contributed by atoms with E-state index < -0.39 is 48.5 Å². The molecule has 2 rings (SSSR count). The summed E-state index contributed by atoms with van der Waals surface area (Å²) in [7, 11) is 0. The molecule has 0 bridgehead atoms. The highest BCUT2D eigenvalue weighted by molar-refractivity contribution is 5.76. The molecule has 11 heteroatoms. The van der Waals surface area contributed by atoms with Crippen LogP contribution in [0.5, 0.6) is 0 Å². The minimum absolute atomic E-state index is 0.188. The van der Waals surface area contributed by atoms with E-state index in [9.17, 15) is 19.2 Å². The van der Waals surface area contributed by atoms with Crippen LogP contribution in [0.2, 0.25) is 0 Å². The van der Waals surface area contributed by atoms with Gasteiger partial charge in [-0.25, -0.2) is 4.79 Å². The average Bonchev–Trinajstić information content (AvgIpc) is 2.64. The predicted octanol–water partition coefficient (Wildman–Crippen LogP) is 0.464. The van der Waals surface area contributed by atoms with E-state index in [0.717, 1.165) is 13.8 Å². The summed E-state index contributed by atoms with van der Waals surface area (Å²) in [5.74, 6) is -2.01. The van der Waals surface area contributed by atoms with Crippen LogP contribution in [-0.2, 0) is 33.3 Å². The number of hydrogen-bond donors (Lipinski definition) is 3. The topological polar surface area (TPSA) is 141 Å². The first-order valence-corrected chi connectivity index (χ1v) is 8.77. The summed E-state index contributed by atoms with van der Waals surface area (Å²) in [6.07, 6.45) is -4.57. The number of amides is 2. The fourth-order valence-electron chi connectivity index (χ4n) is 2.68. The molecular weight excluding hydrogens is 386 g/mol. The lowest BCUT2D eigenvalue weighted by Gasteiger charge is -2.40. The SMILES string of the molecule is CC(=O)OC1COC(NC(=O)NNc2ccccc2)C(OC(C)=O)C1OC(C)=O. The van der Waals surface area contributed by atoms with Crippen molar-refractivity contribution < 1.29 is 38.1 Å². The normalized spacial score (nSPS) is 23.3. The Balaban J connectivity index is 2.09. The van der Waals surface area contributed by atoms with Crippen LogP contribution in [0.1, 0.15) is 20.8 Å². The van der Waals surface area contributed by atoms with E-state index in [2.05, 4.69) is 16.2 Å². The van der Waals surface area contributed by atoms with Gasteiger partial charge in [-0.15, -0.1) is 0 Å². The molecule has 1 saturated heterocycles. The van der Waals surface area contributed by atoms with Crippen LogP contribution in [0.25, 0.3) is 0 Å². The Kier molecular flexibility index (Phi) is 7.78. The van der Waals surface area contributed by atoms with Gasteiger partial charge in [0, 0.05) is 20.8 Å². The number of ether oxygens (including phenoxy) is 4. The van der Waals surface area contributed by atoms with E-state index in [0.29, 0.717) is 5.69 Å². The van der Waals surface area contributed by atoms with Gasteiger partial charge in [-0.3, -0.25) is 25.2 Å². The molecule has 3 N–H and O–H groups in total. The number of nitrogens with one attached hydrogen (secondary N) is 3. The second kappa shape index (κ2) is 10.3. The van der Waals surface area contributed by atoms with Gasteiger partial charge in [-0.05, 0) is 12.1 Å². The molecule has 158 valence electrons. The highest BCUT2D eigenvalue weighted by Crippen LogP contribution is 2.23. The summed E-state index contributed by atoms with van der Waals surface area (Å²) in [4.78, 5) is 46.6. The average molecular weight is 409 g/mol. The van der Waals surface area contributed by atoms with Gasteiger partial charge in [0.25, 0.3) is 0 Å². The number of esters is 3. The first kappa shape index (κ1) is 22.0. The summed E-state index contributed by atoms with van der Waals surface area (Å²) in [5.41, 5.74) is 5.73. The Labute approximate surface area is 167 Å². The molecule has 11 nitrogen and oxygen atoms in total. The van der Waals surface area contributed by atoms with Crippen LogP contribution >= 0.6 is 0 Å². The second-order valence-electron chi connectivity index (χ2n) is 6.14. The van der Waals surface area contributed by atoms with Gasteiger partial charge >= 0.3 is 23.9 Å². The quantitative estimate of drug-likeness (QED) is 0.347. The minimum atomic E-state index is -1.24. The van der Waals surface area contributed by atoms with Crippen LogP contribution in [0.3, 0.4) is 0 Å². The van der Waals surface area contributed by atoms with Gasteiger partial charge in [0.15, 0.2) is 24.5 Å². The largest absolute Gasteiger partial charge is 0.456 e. The summed E-state index contributed by atoms with van der Waals surface area (Å²) in [6, 6.07) is 8.16. The lowest BCUT2D eigenvalue weighted by molar-refractivity contribution is -0.228. The molecule has 1 aliphatic rings. The molecule has 0 radical (unpaired) electrons. The van der Waals surface area contributed by atoms with Crippen molar-refractivity contribution in [3.63, 3.8) is 0 Å². The molecule has 1 aromatic rings. The van der Waals surface area contributed by atoms with E-state index in [1.807, 2.05) is 6.07 Å². The zero-order valence-electron chi connectivity index (χ0n) is 16.2. The molecular formula is C18H23N3O8. The van der Waals surface area contributed by atoms with Crippen molar-refractivity contribution in [2.24, 2.45) is 0 Å². The van der Waals surface area contributed by atoms with Gasteiger partial charge < -0.3 is 24.3 Å². The van der Waals surface area contributed by atoms with Gasteiger partial charge in [0.2, 0.25) is 0 Å². The maximum Gasteiger partial charge on any atom is 0.335 e. The fourth-order valence-corrected chi connectivity index (χ4v) is 2.68. The number of carbonyl (C=O) groups is 4. The molecule has 1 aliphatic heterocycles. The molecule has 1 fully saturated rings. The zero-order chi connectivity index (χ0) is 21.4. The monoisotopic (exact) mass is 409 g/mol. The number of anilines is 1. The van der Waals surface area contributed by atoms with E-state index in [4.69, 9.17) is 18.9 Å². The Hall–Kier alpha value is -3.34. The van der Waals surface area contributed by atoms with Crippen LogP contribution in [0, 0.1) is 0 Å². The summed E-state index contributed by atoms with van der Waals surface area (Å²) < 4.78 is 21.0. The van der Waals surface area contributed by atoms with Gasteiger partial charge in [-0.1, -0.05) is 18.2 Å². The van der Waals surface area contributed by atoms with Gasteiger partial charge in [0.1, 0.15) is 0 Å². The van der Waals surface area contributed by atoms with Crippen LogP contribution < -0.4 is 16.2 Å². The number of rotatable bonds is 6. The molecule has 0 spiro atoms. The lowest BCUT2D eigenvalue weighted by Crippen LogP contribution is -2.63. The summed E-state index contributed by atoms with van der Waals surface area (Å²) >= 11 is 0. The number of benzene rings is 1. The maximum absolute atomic E-state index is 12.2. The van der Waals surface area contributed by atoms with Gasteiger partial charge in [-0.2, -0.15) is 0 Å². The number of carbonyl (C=O) groups excluding carboxylic acids is 4. The van der Waals surface area contributed by atoms with Crippen LogP contribution in [0.15, 0.2) is 30.3 Å². The molecule has 29 heavy (non-hydrogen) atoms. The lowest BCUT2D eigenvalue weighted by atomic mass is 10.0. The highest BCUT2D eigenvalue weighted by atomic mass is 16.6. The molecule has 4 unspecified atom stereocenters. The van der Waals surface area contributed by atoms with Crippen molar-refractivity contribution in [3.05, 3.63) is 30.3 Å². The molecule has 0 saturated carbocycles. The van der Waals surface area contributed by atoms with E-state index in [1.54, 1.807) is 24.3 Å². The van der Waals surface area contributed by atoms with E-state index >= 15 is 0 Å². The summed E-state index contributed by atoms with van der Waals surface area (Å²) in [6.45, 7) is 3.30. The number of urea groups is 1. The molecule has 0 aliphatic carbocycles. The Morgan fingerprint density at radius 2 is 1.48 bits per heavy atom. The van der Waals surface area contributed by atoms with Crippen molar-refractivity contribution >= 4 is 29.6 Å². The minimum Gasteiger partial charge on any atom is -0.456 e. The van der Waals surface area contributed by atoms with Crippen molar-refractivity contribution in [2.75, 3.05) is 12.0 Å². The third kappa shape index (κ3) is 6.96. The number of hydrogen-bond acceptors (Lipinski definition) is 9. The smallest absolute Gasteiger partial charge is 0.335 e. The maximum atomic E-state index is 12.2. The van der Waals surface area contributed by atoms with Gasteiger partial charge in [0.05, 0.1) is 12.3 Å². The standard InChI is InChI=1S/C18H23N3O8/c1-10(22)27-14-9-26-17(16(29-12(3)24)15(14)28-11(2)23)19-18(25)21-20-13-7-5-4-6-8-13/h4-8,14-17,20H,9H2,1-3H3,(H2,19,21,25). The Morgan fingerprint density at radius 3 is 2.07 bits per heavy atom. The third-order valence-corrected chi connectivity index (χ3v) is 3.72. The molecule has 1 heterocycles. The Bertz CT molecular complexity index is 742. The van der Waals surface area contributed by atoms with Crippen LogP contribution in [0.4, 0.5) is 10.5 Å². The van der Waals surface area contributed by atoms with E-state index in [1.165, 1.54) is 6.92 Å². The van der Waals surface area contributed by atoms with Crippen molar-refractivity contribution in [1.82, 2.24) is 10.7 Å². The van der Waals surface area contributed by atoms with Crippen molar-refractivity contribution in [1.29, 1.82) is 0 Å². The first-order valence-electron chi connectivity index (χ1n) is 8.77. The van der Waals surface area contributed by atoms with E-state index in [-0.39, 0.29) is 6.61 Å². The second-order valence-corrected chi connectivity index (χ2v) is 6.14. The molecule has 0 aromatic heterocycles. The molecule has 2 amide bonds. The number of para-hydroxylation sites is 1. The fraction of sp³-hybridized carbons (Fsp3) is 0.444. The van der Waals surface area contributed by atoms with Crippen molar-refractivity contribution in [3.8, 4) is 0 Å². The first-order chi connectivity index (χ1) is 13.8. The summed E-state index contributed by atoms with van der Waals surface area (Å²) in [5, 5.41) is 2.48. The third-order valence-electron chi connectivity index (χ3n) is 3.72. The Morgan fingerprint density at radius 1 is 0.897 bits per heavy atom.